The Labute approximate surface area is 162 Å². The molecule has 3 heterocycles. The van der Waals surface area contributed by atoms with Gasteiger partial charge in [0.25, 0.3) is 5.56 Å². The molecule has 0 unspecified atom stereocenters. The van der Waals surface area contributed by atoms with E-state index in [4.69, 9.17) is 4.74 Å². The summed E-state index contributed by atoms with van der Waals surface area (Å²) in [4.78, 5) is 27.7. The molecule has 8 heteroatoms. The summed E-state index contributed by atoms with van der Waals surface area (Å²) < 4.78 is 8.53. The van der Waals surface area contributed by atoms with Gasteiger partial charge in [0, 0.05) is 18.5 Å². The summed E-state index contributed by atoms with van der Waals surface area (Å²) in [5.74, 6) is -0.138. The number of para-hydroxylation sites is 1. The molecule has 8 nitrogen and oxygen atoms in total. The number of aryl methyl sites for hydroxylation is 1. The highest BCUT2D eigenvalue weighted by Gasteiger charge is 2.27. The minimum atomic E-state index is -0.329. The summed E-state index contributed by atoms with van der Waals surface area (Å²) in [6.07, 6.45) is 1.59. The fraction of sp³-hybridized carbons (Fsp3) is 0.400. The molecule has 0 N–H and O–H groups in total. The second kappa shape index (κ2) is 7.20. The van der Waals surface area contributed by atoms with Gasteiger partial charge in [-0.15, -0.1) is 0 Å². The molecule has 1 aliphatic rings. The lowest BCUT2D eigenvalue weighted by atomic mass is 10.2. The lowest BCUT2D eigenvalue weighted by Gasteiger charge is -2.35. The second-order valence-corrected chi connectivity index (χ2v) is 7.26. The topological polar surface area (TPSA) is 82.2 Å². The predicted molar refractivity (Wildman–Crippen MR) is 104 cm³/mol. The molecule has 2 aromatic heterocycles. The third kappa shape index (κ3) is 3.31. The van der Waals surface area contributed by atoms with Gasteiger partial charge in [-0.25, -0.2) is 9.36 Å². The first-order valence-electron chi connectivity index (χ1n) is 9.38. The van der Waals surface area contributed by atoms with Crippen molar-refractivity contribution in [2.45, 2.75) is 39.5 Å². The van der Waals surface area contributed by atoms with E-state index >= 15 is 0 Å². The van der Waals surface area contributed by atoms with Crippen molar-refractivity contribution in [1.82, 2.24) is 24.5 Å². The number of benzene rings is 1. The normalized spacial score (nSPS) is 19.9. The van der Waals surface area contributed by atoms with Crippen LogP contribution in [0.25, 0.3) is 16.6 Å². The number of rotatable bonds is 3. The van der Waals surface area contributed by atoms with Crippen LogP contribution in [0.5, 0.6) is 0 Å². The summed E-state index contributed by atoms with van der Waals surface area (Å²) in [7, 11) is 0. The van der Waals surface area contributed by atoms with Crippen LogP contribution in [0.1, 0.15) is 19.5 Å². The van der Waals surface area contributed by atoms with Crippen LogP contribution in [0.15, 0.2) is 41.3 Å². The SMILES string of the molecule is Cc1nn(CC(=O)N2C[C@H](C)O[C@@H](C)C2)c(=O)c2c1cnn2-c1ccccc1. The average Bonchev–Trinajstić information content (AvgIpc) is 3.12. The molecule has 2 atom stereocenters. The van der Waals surface area contributed by atoms with Crippen LogP contribution in [-0.4, -0.2) is 55.7 Å². The van der Waals surface area contributed by atoms with Gasteiger partial charge >= 0.3 is 0 Å². The monoisotopic (exact) mass is 381 g/mol. The van der Waals surface area contributed by atoms with Crippen LogP contribution >= 0.6 is 0 Å². The first kappa shape index (κ1) is 18.4. The third-order valence-electron chi connectivity index (χ3n) is 4.92. The maximum Gasteiger partial charge on any atom is 0.293 e. The van der Waals surface area contributed by atoms with Gasteiger partial charge in [-0.3, -0.25) is 9.59 Å². The Morgan fingerprint density at radius 3 is 2.54 bits per heavy atom. The van der Waals surface area contributed by atoms with Crippen molar-refractivity contribution < 1.29 is 9.53 Å². The van der Waals surface area contributed by atoms with Gasteiger partial charge in [-0.2, -0.15) is 10.2 Å². The minimum Gasteiger partial charge on any atom is -0.372 e. The molecule has 1 amide bonds. The zero-order valence-corrected chi connectivity index (χ0v) is 16.2. The van der Waals surface area contributed by atoms with E-state index in [9.17, 15) is 9.59 Å². The first-order valence-corrected chi connectivity index (χ1v) is 9.38. The number of nitrogens with zero attached hydrogens (tertiary/aromatic N) is 5. The number of ether oxygens (including phenoxy) is 1. The van der Waals surface area contributed by atoms with Crippen LogP contribution in [0.4, 0.5) is 0 Å². The number of morpholine rings is 1. The van der Waals surface area contributed by atoms with Crippen molar-refractivity contribution in [3.05, 3.63) is 52.6 Å². The van der Waals surface area contributed by atoms with Crippen LogP contribution in [-0.2, 0) is 16.1 Å². The Morgan fingerprint density at radius 2 is 1.86 bits per heavy atom. The third-order valence-corrected chi connectivity index (χ3v) is 4.92. The number of carbonyl (C=O) groups is 1. The standard InChI is InChI=1S/C20H23N5O3/c1-13-10-23(11-14(2)28-13)18(26)12-24-20(27)19-17(15(3)22-24)9-21-25(19)16-7-5-4-6-8-16/h4-9,13-14H,10-12H2,1-3H3/t13-,14-/m0/s1. The van der Waals surface area contributed by atoms with E-state index in [1.54, 1.807) is 15.8 Å². The molecule has 1 aromatic carbocycles. The lowest BCUT2D eigenvalue weighted by molar-refractivity contribution is -0.144. The smallest absolute Gasteiger partial charge is 0.293 e. The highest BCUT2D eigenvalue weighted by molar-refractivity contribution is 5.82. The highest BCUT2D eigenvalue weighted by atomic mass is 16.5. The van der Waals surface area contributed by atoms with Gasteiger partial charge in [0.15, 0.2) is 0 Å². The molecule has 1 aliphatic heterocycles. The Bertz CT molecular complexity index is 1060. The number of fused-ring (bicyclic) bond motifs is 1. The Morgan fingerprint density at radius 1 is 1.18 bits per heavy atom. The molecule has 1 fully saturated rings. The van der Waals surface area contributed by atoms with Crippen LogP contribution in [0.3, 0.4) is 0 Å². The molecule has 0 radical (unpaired) electrons. The maximum absolute atomic E-state index is 13.1. The van der Waals surface area contributed by atoms with Crippen molar-refractivity contribution in [1.29, 1.82) is 0 Å². The second-order valence-electron chi connectivity index (χ2n) is 7.26. The number of carbonyl (C=O) groups excluding carboxylic acids is 1. The first-order chi connectivity index (χ1) is 13.4. The molecule has 146 valence electrons. The Balaban J connectivity index is 1.71. The van der Waals surface area contributed by atoms with Crippen molar-refractivity contribution >= 4 is 16.8 Å². The molecule has 0 aliphatic carbocycles. The summed E-state index contributed by atoms with van der Waals surface area (Å²) in [6.45, 7) is 6.62. The Kier molecular flexibility index (Phi) is 4.72. The number of hydrogen-bond donors (Lipinski definition) is 0. The van der Waals surface area contributed by atoms with E-state index in [0.717, 1.165) is 5.69 Å². The summed E-state index contributed by atoms with van der Waals surface area (Å²) in [5, 5.41) is 9.41. The molecule has 0 saturated carbocycles. The lowest BCUT2D eigenvalue weighted by Crippen LogP contribution is -2.49. The van der Waals surface area contributed by atoms with E-state index in [-0.39, 0.29) is 30.2 Å². The average molecular weight is 381 g/mol. The molecule has 0 spiro atoms. The molecule has 3 aromatic rings. The number of amides is 1. The van der Waals surface area contributed by atoms with Crippen molar-refractivity contribution in [3.8, 4) is 5.69 Å². The maximum atomic E-state index is 13.1. The van der Waals surface area contributed by atoms with Crippen LogP contribution in [0.2, 0.25) is 0 Å². The van der Waals surface area contributed by atoms with Gasteiger partial charge in [0.1, 0.15) is 12.1 Å². The zero-order chi connectivity index (χ0) is 19.8. The summed E-state index contributed by atoms with van der Waals surface area (Å²) >= 11 is 0. The predicted octanol–water partition coefficient (Wildman–Crippen LogP) is 1.53. The summed E-state index contributed by atoms with van der Waals surface area (Å²) in [6, 6.07) is 9.45. The quantitative estimate of drug-likeness (QED) is 0.687. The van der Waals surface area contributed by atoms with E-state index in [0.29, 0.717) is 29.7 Å². The molecule has 4 rings (SSSR count). The van der Waals surface area contributed by atoms with Crippen LogP contribution in [0, 0.1) is 6.92 Å². The molecular formula is C20H23N5O3. The Hall–Kier alpha value is -3.00. The van der Waals surface area contributed by atoms with E-state index in [1.165, 1.54) is 4.68 Å². The number of hydrogen-bond acceptors (Lipinski definition) is 5. The van der Waals surface area contributed by atoms with Crippen LogP contribution < -0.4 is 5.56 Å². The van der Waals surface area contributed by atoms with Gasteiger partial charge in [0.05, 0.1) is 29.8 Å². The molecule has 28 heavy (non-hydrogen) atoms. The zero-order valence-electron chi connectivity index (χ0n) is 16.2. The van der Waals surface area contributed by atoms with E-state index in [1.807, 2.05) is 51.1 Å². The van der Waals surface area contributed by atoms with Gasteiger partial charge in [-0.05, 0) is 32.9 Å². The largest absolute Gasteiger partial charge is 0.372 e. The van der Waals surface area contributed by atoms with E-state index in [2.05, 4.69) is 10.2 Å². The highest BCUT2D eigenvalue weighted by Crippen LogP contribution is 2.17. The summed E-state index contributed by atoms with van der Waals surface area (Å²) in [5.41, 5.74) is 1.54. The van der Waals surface area contributed by atoms with Gasteiger partial charge in [0.2, 0.25) is 5.91 Å². The fourth-order valence-corrected chi connectivity index (χ4v) is 3.70. The van der Waals surface area contributed by atoms with Crippen molar-refractivity contribution in [2.24, 2.45) is 0 Å². The molecule has 0 bridgehead atoms. The van der Waals surface area contributed by atoms with Crippen molar-refractivity contribution in [3.63, 3.8) is 0 Å². The molecular weight excluding hydrogens is 358 g/mol. The minimum absolute atomic E-state index is 0.0268. The number of aromatic nitrogens is 4. The van der Waals surface area contributed by atoms with E-state index < -0.39 is 0 Å². The van der Waals surface area contributed by atoms with Crippen molar-refractivity contribution in [2.75, 3.05) is 13.1 Å². The van der Waals surface area contributed by atoms with Gasteiger partial charge in [-0.1, -0.05) is 18.2 Å². The van der Waals surface area contributed by atoms with Gasteiger partial charge < -0.3 is 9.64 Å². The molecule has 1 saturated heterocycles. The fourth-order valence-electron chi connectivity index (χ4n) is 3.70.